The van der Waals surface area contributed by atoms with Crippen molar-refractivity contribution in [2.75, 3.05) is 13.2 Å². The molecule has 15 heteroatoms. The molecule has 6 N–H and O–H groups in total. The van der Waals surface area contributed by atoms with E-state index in [9.17, 15) is 34.8 Å². The number of aliphatic hydroxyl groups is 2. The summed E-state index contributed by atoms with van der Waals surface area (Å²) in [6.45, 7) is 3.23. The number of benzene rings is 3. The van der Waals surface area contributed by atoms with Crippen molar-refractivity contribution < 1.29 is 53.5 Å². The first kappa shape index (κ1) is 39.7. The van der Waals surface area contributed by atoms with Crippen molar-refractivity contribution in [2.45, 2.75) is 76.3 Å². The Bertz CT molecular complexity index is 2520. The fourth-order valence-electron chi connectivity index (χ4n) is 7.95. The molecule has 0 bridgehead atoms. The molecule has 4 heterocycles. The molecule has 1 aliphatic heterocycles. The number of aryl methyl sites for hydroxylation is 2. The van der Waals surface area contributed by atoms with Crippen molar-refractivity contribution >= 4 is 33.8 Å². The van der Waals surface area contributed by atoms with E-state index < -0.39 is 55.2 Å². The van der Waals surface area contributed by atoms with E-state index in [4.69, 9.17) is 23.5 Å². The molecule has 2 fully saturated rings. The smallest absolute Gasteiger partial charge is 0.321 e. The van der Waals surface area contributed by atoms with Gasteiger partial charge in [-0.2, -0.15) is 4.73 Å². The van der Waals surface area contributed by atoms with E-state index in [0.29, 0.717) is 11.3 Å². The maximum Gasteiger partial charge on any atom is 0.321 e. The molecule has 8 rings (SSSR count). The number of ether oxygens (including phenoxy) is 3. The van der Waals surface area contributed by atoms with Gasteiger partial charge in [-0.15, -0.1) is 0 Å². The van der Waals surface area contributed by atoms with Crippen molar-refractivity contribution in [3.8, 4) is 33.9 Å². The van der Waals surface area contributed by atoms with E-state index in [-0.39, 0.29) is 46.0 Å². The molecule has 0 radical (unpaired) electrons. The summed E-state index contributed by atoms with van der Waals surface area (Å²) in [6, 6.07) is 18.7. The van der Waals surface area contributed by atoms with Crippen LogP contribution < -0.4 is 20.3 Å². The van der Waals surface area contributed by atoms with Gasteiger partial charge in [0.25, 0.3) is 0 Å². The Labute approximate surface area is 337 Å². The van der Waals surface area contributed by atoms with Crippen LogP contribution in [0, 0.1) is 19.8 Å². The lowest BCUT2D eigenvalue weighted by atomic mass is 9.99. The van der Waals surface area contributed by atoms with Gasteiger partial charge >= 0.3 is 11.9 Å². The molecular formula is C44H45N3O12. The zero-order chi connectivity index (χ0) is 41.4. The average molecular weight is 808 g/mol. The molecule has 6 aromatic rings. The number of aromatic nitrogens is 2. The number of H-pyrrole nitrogens is 1. The summed E-state index contributed by atoms with van der Waals surface area (Å²) in [6.07, 6.45) is 1.06. The largest absolute Gasteiger partial charge is 0.508 e. The van der Waals surface area contributed by atoms with Gasteiger partial charge in [0.05, 0.1) is 22.7 Å². The van der Waals surface area contributed by atoms with Gasteiger partial charge in [0, 0.05) is 35.8 Å². The van der Waals surface area contributed by atoms with Crippen LogP contribution in [0.25, 0.3) is 44.3 Å². The minimum Gasteiger partial charge on any atom is -0.508 e. The number of carboxylic acids is 1. The SMILES string of the molecule is Cc1cc(C)cc(-c2c3[nH]ccc3cn2OC2C(Oc3ccc4c(=O)c(-c5ccc(O)cc5)coc4c3)OC(COC(=O)C(CNC3CCCC3)C(=O)O)C(O)C2O)c1. The maximum absolute atomic E-state index is 13.5. The number of esters is 1. The van der Waals surface area contributed by atoms with Gasteiger partial charge in [0.2, 0.25) is 12.4 Å². The lowest BCUT2D eigenvalue weighted by Gasteiger charge is -2.41. The van der Waals surface area contributed by atoms with E-state index in [0.717, 1.165) is 53.3 Å². The lowest BCUT2D eigenvalue weighted by molar-refractivity contribution is -0.288. The molecule has 3 aromatic heterocycles. The zero-order valence-electron chi connectivity index (χ0n) is 32.4. The highest BCUT2D eigenvalue weighted by molar-refractivity contribution is 5.94. The molecule has 3 aromatic carbocycles. The number of carbonyl (C=O) groups is 2. The predicted molar refractivity (Wildman–Crippen MR) is 215 cm³/mol. The quantitative estimate of drug-likeness (QED) is 0.0682. The summed E-state index contributed by atoms with van der Waals surface area (Å²) < 4.78 is 25.3. The monoisotopic (exact) mass is 807 g/mol. The van der Waals surface area contributed by atoms with Crippen LogP contribution in [0.3, 0.4) is 0 Å². The lowest BCUT2D eigenvalue weighted by Crippen LogP contribution is -2.63. The number of carbonyl (C=O) groups excluding carboxylic acids is 1. The summed E-state index contributed by atoms with van der Waals surface area (Å²) in [5.41, 5.74) is 4.94. The number of nitrogens with one attached hydrogen (secondary N) is 2. The highest BCUT2D eigenvalue weighted by atomic mass is 16.8. The summed E-state index contributed by atoms with van der Waals surface area (Å²) >= 11 is 0. The van der Waals surface area contributed by atoms with E-state index in [1.54, 1.807) is 24.5 Å². The number of aliphatic hydroxyl groups excluding tert-OH is 2. The molecule has 6 atom stereocenters. The number of nitrogens with zero attached hydrogens (tertiary/aromatic N) is 1. The normalized spacial score (nSPS) is 21.5. The third-order valence-electron chi connectivity index (χ3n) is 11.0. The van der Waals surface area contributed by atoms with E-state index in [1.165, 1.54) is 41.3 Å². The van der Waals surface area contributed by atoms with Gasteiger partial charge in [0.1, 0.15) is 54.0 Å². The maximum atomic E-state index is 13.5. The molecule has 6 unspecified atom stereocenters. The number of rotatable bonds is 13. The Morgan fingerprint density at radius 2 is 1.71 bits per heavy atom. The number of phenolic OH excluding ortho intramolecular Hbond substituents is 1. The van der Waals surface area contributed by atoms with E-state index in [1.807, 2.05) is 38.1 Å². The Morgan fingerprint density at radius 1 is 0.966 bits per heavy atom. The van der Waals surface area contributed by atoms with Crippen LogP contribution in [0.5, 0.6) is 11.5 Å². The topological polar surface area (TPSA) is 215 Å². The Balaban J connectivity index is 1.09. The fraction of sp³-hybridized carbons (Fsp3) is 0.341. The van der Waals surface area contributed by atoms with E-state index in [2.05, 4.69) is 10.3 Å². The van der Waals surface area contributed by atoms with Gasteiger partial charge in [0.15, 0.2) is 11.3 Å². The standard InChI is InChI=1S/C44H45N3O12/c1-23-15-24(2)17-27(16-23)37-36-26(13-14-45-36)20-47(37)59-41-40(51)39(50)35(22-56-43(54)32(42(52)53)19-46-28-5-3-4-6-28)58-44(41)57-30-11-12-31-34(18-30)55-21-33(38(31)49)25-7-9-29(48)10-8-25/h7-18,20-21,28,32,35,39-41,44-46,48,50-51H,3-6,19,22H2,1-2H3,(H,52,53). The summed E-state index contributed by atoms with van der Waals surface area (Å²) in [4.78, 5) is 48.4. The predicted octanol–water partition coefficient (Wildman–Crippen LogP) is 4.83. The molecule has 1 aliphatic carbocycles. The van der Waals surface area contributed by atoms with Crippen LogP contribution in [0.4, 0.5) is 0 Å². The van der Waals surface area contributed by atoms with Crippen LogP contribution in [-0.2, 0) is 19.1 Å². The second-order valence-electron chi connectivity index (χ2n) is 15.3. The van der Waals surface area contributed by atoms with E-state index >= 15 is 0 Å². The molecule has 0 spiro atoms. The molecule has 1 saturated carbocycles. The third-order valence-corrected chi connectivity index (χ3v) is 11.0. The first-order chi connectivity index (χ1) is 28.4. The number of fused-ring (bicyclic) bond motifs is 2. The van der Waals surface area contributed by atoms with Gasteiger partial charge in [-0.25, -0.2) is 0 Å². The van der Waals surface area contributed by atoms with Gasteiger partial charge in [-0.1, -0.05) is 42.2 Å². The summed E-state index contributed by atoms with van der Waals surface area (Å²) in [5, 5.41) is 46.9. The van der Waals surface area contributed by atoms with Crippen LogP contribution in [-0.4, -0.2) is 92.0 Å². The van der Waals surface area contributed by atoms with Gasteiger partial charge in [-0.05, 0) is 74.7 Å². The minimum absolute atomic E-state index is 0.0538. The molecule has 1 saturated heterocycles. The first-order valence-electron chi connectivity index (χ1n) is 19.5. The van der Waals surface area contributed by atoms with Crippen molar-refractivity contribution in [1.82, 2.24) is 15.0 Å². The second-order valence-corrected chi connectivity index (χ2v) is 15.3. The minimum atomic E-state index is -1.68. The highest BCUT2D eigenvalue weighted by Gasteiger charge is 2.49. The molecule has 308 valence electrons. The zero-order valence-corrected chi connectivity index (χ0v) is 32.4. The molecule has 59 heavy (non-hydrogen) atoms. The van der Waals surface area contributed by atoms with Gasteiger partial charge in [-0.3, -0.25) is 14.4 Å². The van der Waals surface area contributed by atoms with Crippen LogP contribution in [0.2, 0.25) is 0 Å². The fourth-order valence-corrected chi connectivity index (χ4v) is 7.95. The van der Waals surface area contributed by atoms with Crippen molar-refractivity contribution in [3.63, 3.8) is 0 Å². The number of aliphatic carboxylic acids is 1. The molecule has 15 nitrogen and oxygen atoms in total. The molecular weight excluding hydrogens is 762 g/mol. The number of phenols is 1. The van der Waals surface area contributed by atoms with Gasteiger partial charge < -0.3 is 54.2 Å². The number of carboxylic acid groups (broad SMARTS) is 1. The Kier molecular flexibility index (Phi) is 11.2. The number of aromatic hydroxyl groups is 1. The Hall–Kier alpha value is -6.13. The average Bonchev–Trinajstić information content (AvgIpc) is 3.96. The van der Waals surface area contributed by atoms with Crippen molar-refractivity contribution in [1.29, 1.82) is 0 Å². The van der Waals surface area contributed by atoms with Crippen molar-refractivity contribution in [2.24, 2.45) is 5.92 Å². The number of aromatic amines is 1. The van der Waals surface area contributed by atoms with Crippen molar-refractivity contribution in [3.05, 3.63) is 107 Å². The summed E-state index contributed by atoms with van der Waals surface area (Å²) in [5.74, 6) is -3.69. The third kappa shape index (κ3) is 8.27. The van der Waals surface area contributed by atoms with Crippen LogP contribution >= 0.6 is 0 Å². The Morgan fingerprint density at radius 3 is 2.44 bits per heavy atom. The number of hydrogen-bond acceptors (Lipinski definition) is 12. The molecule has 2 aliphatic rings. The second kappa shape index (κ2) is 16.6. The summed E-state index contributed by atoms with van der Waals surface area (Å²) in [7, 11) is 0. The highest BCUT2D eigenvalue weighted by Crippen LogP contribution is 2.34. The van der Waals surface area contributed by atoms with Crippen LogP contribution in [0.1, 0.15) is 36.8 Å². The molecule has 0 amide bonds. The number of hydrogen-bond donors (Lipinski definition) is 6. The first-order valence-corrected chi connectivity index (χ1v) is 19.5. The van der Waals surface area contributed by atoms with Crippen LogP contribution in [0.15, 0.2) is 94.6 Å².